The number of fused-ring (bicyclic) bond motifs is 1. The molecule has 0 bridgehead atoms. The van der Waals surface area contributed by atoms with Crippen molar-refractivity contribution in [3.05, 3.63) is 32.5 Å². The van der Waals surface area contributed by atoms with Gasteiger partial charge in [-0.3, -0.25) is 9.67 Å². The Labute approximate surface area is 109 Å². The van der Waals surface area contributed by atoms with Gasteiger partial charge in [0.2, 0.25) is 0 Å². The molecule has 1 unspecified atom stereocenters. The molecule has 3 rings (SSSR count). The van der Waals surface area contributed by atoms with Crippen LogP contribution in [0.2, 0.25) is 0 Å². The predicted molar refractivity (Wildman–Crippen MR) is 72.2 cm³/mol. The number of rotatable bonds is 2. The van der Waals surface area contributed by atoms with Crippen molar-refractivity contribution in [3.63, 3.8) is 0 Å². The van der Waals surface area contributed by atoms with Crippen molar-refractivity contribution in [3.8, 4) is 0 Å². The van der Waals surface area contributed by atoms with E-state index >= 15 is 0 Å². The van der Waals surface area contributed by atoms with Gasteiger partial charge >= 0.3 is 0 Å². The van der Waals surface area contributed by atoms with Crippen molar-refractivity contribution >= 4 is 23.6 Å². The minimum absolute atomic E-state index is 0.395. The van der Waals surface area contributed by atoms with E-state index < -0.39 is 0 Å². The molecule has 0 saturated heterocycles. The summed E-state index contributed by atoms with van der Waals surface area (Å²) in [5, 5.41) is 9.44. The predicted octanol–water partition coefficient (Wildman–Crippen LogP) is 3.49. The van der Waals surface area contributed by atoms with Gasteiger partial charge in [-0.05, 0) is 48.5 Å². The first kappa shape index (κ1) is 11.2. The summed E-state index contributed by atoms with van der Waals surface area (Å²) >= 11 is 7.24. The van der Waals surface area contributed by atoms with Crippen LogP contribution < -0.4 is 0 Å². The Morgan fingerprint density at radius 2 is 2.53 bits per heavy atom. The highest BCUT2D eigenvalue weighted by molar-refractivity contribution is 7.71. The summed E-state index contributed by atoms with van der Waals surface area (Å²) in [7, 11) is 0. The number of nitrogens with one attached hydrogen (secondary N) is 1. The Morgan fingerprint density at radius 1 is 1.65 bits per heavy atom. The van der Waals surface area contributed by atoms with E-state index in [1.165, 1.54) is 29.7 Å². The number of aromatic nitrogens is 3. The second-order valence-electron chi connectivity index (χ2n) is 4.38. The molecule has 0 aromatic carbocycles. The number of H-pyrrole nitrogens is 1. The fourth-order valence-electron chi connectivity index (χ4n) is 2.64. The topological polar surface area (TPSA) is 33.6 Å². The third-order valence-electron chi connectivity index (χ3n) is 3.43. The number of aryl methyl sites for hydroxylation is 2. The van der Waals surface area contributed by atoms with Gasteiger partial charge in [0, 0.05) is 11.3 Å². The average molecular weight is 265 g/mol. The molecule has 0 spiro atoms. The lowest BCUT2D eigenvalue weighted by atomic mass is 9.94. The van der Waals surface area contributed by atoms with Crippen LogP contribution in [0.3, 0.4) is 0 Å². The van der Waals surface area contributed by atoms with Crippen molar-refractivity contribution in [2.45, 2.75) is 38.6 Å². The molecule has 1 N–H and O–H groups in total. The summed E-state index contributed by atoms with van der Waals surface area (Å²) in [5.74, 6) is 1.07. The monoisotopic (exact) mass is 265 g/mol. The summed E-state index contributed by atoms with van der Waals surface area (Å²) < 4.78 is 2.96. The van der Waals surface area contributed by atoms with E-state index in [0.29, 0.717) is 6.04 Å². The molecule has 0 aliphatic heterocycles. The Kier molecular flexibility index (Phi) is 2.88. The molecule has 1 atom stereocenters. The second-order valence-corrected chi connectivity index (χ2v) is 5.76. The average Bonchev–Trinajstić information content (AvgIpc) is 2.94. The maximum atomic E-state index is 5.37. The summed E-state index contributed by atoms with van der Waals surface area (Å²) in [6.45, 7) is 2.12. The SMILES string of the molecule is CCc1n[nH]c(=S)n1C1CCCc2sccc21. The maximum Gasteiger partial charge on any atom is 0.195 e. The first-order valence-electron chi connectivity index (χ1n) is 6.03. The first-order valence-corrected chi connectivity index (χ1v) is 7.32. The molecule has 5 heteroatoms. The maximum absolute atomic E-state index is 5.37. The summed E-state index contributed by atoms with van der Waals surface area (Å²) in [6, 6.07) is 2.64. The van der Waals surface area contributed by atoms with Gasteiger partial charge in [0.25, 0.3) is 0 Å². The number of aromatic amines is 1. The van der Waals surface area contributed by atoms with E-state index in [0.717, 1.165) is 17.0 Å². The quantitative estimate of drug-likeness (QED) is 0.843. The summed E-state index contributed by atoms with van der Waals surface area (Å²) in [5.41, 5.74) is 1.45. The van der Waals surface area contributed by atoms with Crippen molar-refractivity contribution in [2.24, 2.45) is 0 Å². The van der Waals surface area contributed by atoms with Crippen LogP contribution in [-0.2, 0) is 12.8 Å². The smallest absolute Gasteiger partial charge is 0.195 e. The lowest BCUT2D eigenvalue weighted by Gasteiger charge is -2.24. The Bertz CT molecular complexity index is 579. The van der Waals surface area contributed by atoms with E-state index in [-0.39, 0.29) is 0 Å². The molecule has 1 aliphatic carbocycles. The van der Waals surface area contributed by atoms with Gasteiger partial charge in [-0.2, -0.15) is 5.10 Å². The van der Waals surface area contributed by atoms with E-state index in [4.69, 9.17) is 12.2 Å². The zero-order valence-electron chi connectivity index (χ0n) is 9.77. The van der Waals surface area contributed by atoms with Gasteiger partial charge in [-0.25, -0.2) is 0 Å². The van der Waals surface area contributed by atoms with Crippen LogP contribution in [0.25, 0.3) is 0 Å². The van der Waals surface area contributed by atoms with E-state index in [1.807, 2.05) is 11.3 Å². The van der Waals surface area contributed by atoms with Crippen LogP contribution in [0.1, 0.15) is 42.1 Å². The Balaban J connectivity index is 2.12. The molecule has 90 valence electrons. The standard InChI is InChI=1S/C12H15N3S2/c1-2-11-13-14-12(16)15(11)9-4-3-5-10-8(9)6-7-17-10/h6-7,9H,2-5H2,1H3,(H,14,16). The summed E-state index contributed by atoms with van der Waals surface area (Å²) in [4.78, 5) is 1.52. The van der Waals surface area contributed by atoms with Crippen LogP contribution in [0, 0.1) is 4.77 Å². The fraction of sp³-hybridized carbons (Fsp3) is 0.500. The van der Waals surface area contributed by atoms with Crippen LogP contribution in [0.5, 0.6) is 0 Å². The Morgan fingerprint density at radius 3 is 3.35 bits per heavy atom. The number of hydrogen-bond donors (Lipinski definition) is 1. The molecular weight excluding hydrogens is 250 g/mol. The van der Waals surface area contributed by atoms with Crippen LogP contribution in [0.15, 0.2) is 11.4 Å². The van der Waals surface area contributed by atoms with E-state index in [9.17, 15) is 0 Å². The van der Waals surface area contributed by atoms with Crippen molar-refractivity contribution in [2.75, 3.05) is 0 Å². The van der Waals surface area contributed by atoms with Crippen molar-refractivity contribution < 1.29 is 0 Å². The third-order valence-corrected chi connectivity index (χ3v) is 4.71. The van der Waals surface area contributed by atoms with Gasteiger partial charge in [0.1, 0.15) is 5.82 Å². The highest BCUT2D eigenvalue weighted by atomic mass is 32.1. The lowest BCUT2D eigenvalue weighted by molar-refractivity contribution is 0.476. The van der Waals surface area contributed by atoms with Gasteiger partial charge in [-0.15, -0.1) is 11.3 Å². The van der Waals surface area contributed by atoms with Crippen LogP contribution in [-0.4, -0.2) is 14.8 Å². The lowest BCUT2D eigenvalue weighted by Crippen LogP contribution is -2.17. The molecule has 0 saturated carbocycles. The van der Waals surface area contributed by atoms with Crippen LogP contribution in [0.4, 0.5) is 0 Å². The van der Waals surface area contributed by atoms with Gasteiger partial charge < -0.3 is 0 Å². The van der Waals surface area contributed by atoms with Crippen molar-refractivity contribution in [1.82, 2.24) is 14.8 Å². The summed E-state index contributed by atoms with van der Waals surface area (Å²) in [6.07, 6.45) is 4.55. The molecule has 0 radical (unpaired) electrons. The zero-order valence-corrected chi connectivity index (χ0v) is 11.4. The molecule has 3 nitrogen and oxygen atoms in total. The van der Waals surface area contributed by atoms with Gasteiger partial charge in [-0.1, -0.05) is 6.92 Å². The normalized spacial score (nSPS) is 19.2. The largest absolute Gasteiger partial charge is 0.296 e. The molecule has 0 fully saturated rings. The van der Waals surface area contributed by atoms with Gasteiger partial charge in [0.15, 0.2) is 4.77 Å². The molecule has 0 amide bonds. The van der Waals surface area contributed by atoms with Gasteiger partial charge in [0.05, 0.1) is 6.04 Å². The first-order chi connectivity index (χ1) is 8.31. The minimum atomic E-state index is 0.395. The molecule has 2 aromatic heterocycles. The third kappa shape index (κ3) is 1.77. The second kappa shape index (κ2) is 4.38. The van der Waals surface area contributed by atoms with E-state index in [2.05, 4.69) is 33.1 Å². The Hall–Kier alpha value is -0.940. The number of thiophene rings is 1. The van der Waals surface area contributed by atoms with E-state index in [1.54, 1.807) is 0 Å². The zero-order chi connectivity index (χ0) is 11.8. The number of nitrogens with zero attached hydrogens (tertiary/aromatic N) is 2. The minimum Gasteiger partial charge on any atom is -0.296 e. The highest BCUT2D eigenvalue weighted by Crippen LogP contribution is 2.36. The molecule has 2 aromatic rings. The van der Waals surface area contributed by atoms with Crippen molar-refractivity contribution in [1.29, 1.82) is 0 Å². The molecule has 2 heterocycles. The highest BCUT2D eigenvalue weighted by Gasteiger charge is 2.24. The fourth-order valence-corrected chi connectivity index (χ4v) is 3.90. The molecular formula is C12H15N3S2. The molecule has 17 heavy (non-hydrogen) atoms. The number of hydrogen-bond acceptors (Lipinski definition) is 3. The van der Waals surface area contributed by atoms with Crippen LogP contribution >= 0.6 is 23.6 Å². The molecule has 1 aliphatic rings.